The van der Waals surface area contributed by atoms with Crippen molar-refractivity contribution in [3.05, 3.63) is 41.8 Å². The van der Waals surface area contributed by atoms with Crippen LogP contribution in [0.15, 0.2) is 30.5 Å². The molecule has 3 rings (SSSR count). The number of benzene rings is 1. The molecule has 3 aromatic rings. The van der Waals surface area contributed by atoms with Gasteiger partial charge in [-0.1, -0.05) is 0 Å². The van der Waals surface area contributed by atoms with Crippen LogP contribution in [-0.2, 0) is 9.53 Å². The number of fused-ring (bicyclic) bond motifs is 1. The second kappa shape index (κ2) is 6.03. The molecule has 8 nitrogen and oxygen atoms in total. The zero-order valence-corrected chi connectivity index (χ0v) is 12.7. The predicted octanol–water partition coefficient (Wildman–Crippen LogP) is 1.15. The Kier molecular flexibility index (Phi) is 3.90. The molecule has 4 N–H and O–H groups in total. The van der Waals surface area contributed by atoms with Crippen molar-refractivity contribution in [2.75, 3.05) is 19.0 Å². The number of primary amides is 1. The van der Waals surface area contributed by atoms with E-state index in [0.717, 1.165) is 0 Å². The summed E-state index contributed by atoms with van der Waals surface area (Å²) in [4.78, 5) is 27.3. The van der Waals surface area contributed by atoms with E-state index in [1.165, 1.54) is 30.0 Å². The number of carbonyl (C=O) groups excluding carboxylic acids is 2. The van der Waals surface area contributed by atoms with Crippen LogP contribution in [0.4, 0.5) is 10.2 Å². The largest absolute Gasteiger partial charge is 0.468 e. The van der Waals surface area contributed by atoms with Crippen molar-refractivity contribution < 1.29 is 18.7 Å². The highest BCUT2D eigenvalue weighted by Crippen LogP contribution is 2.29. The van der Waals surface area contributed by atoms with E-state index in [1.807, 2.05) is 0 Å². The van der Waals surface area contributed by atoms with E-state index in [4.69, 9.17) is 5.73 Å². The fraction of sp³-hybridized carbons (Fsp3) is 0.133. The summed E-state index contributed by atoms with van der Waals surface area (Å²) in [5.74, 6) is -1.08. The number of anilines is 1. The first kappa shape index (κ1) is 15.5. The van der Waals surface area contributed by atoms with E-state index in [2.05, 4.69) is 20.1 Å². The van der Waals surface area contributed by atoms with Crippen molar-refractivity contribution in [1.29, 1.82) is 0 Å². The van der Waals surface area contributed by atoms with Crippen LogP contribution >= 0.6 is 0 Å². The number of aromatic nitrogens is 3. The minimum Gasteiger partial charge on any atom is -0.468 e. The Morgan fingerprint density at radius 1 is 1.38 bits per heavy atom. The normalized spacial score (nSPS) is 10.8. The van der Waals surface area contributed by atoms with Gasteiger partial charge in [-0.25, -0.2) is 13.9 Å². The molecule has 9 heteroatoms. The zero-order chi connectivity index (χ0) is 17.3. The molecule has 0 spiro atoms. The topological polar surface area (TPSA) is 115 Å². The maximum Gasteiger partial charge on any atom is 0.325 e. The number of esters is 1. The maximum absolute atomic E-state index is 13.1. The van der Waals surface area contributed by atoms with Gasteiger partial charge >= 0.3 is 5.97 Å². The van der Waals surface area contributed by atoms with Crippen molar-refractivity contribution in [3.8, 4) is 11.3 Å². The third-order valence-corrected chi connectivity index (χ3v) is 3.47. The third kappa shape index (κ3) is 2.67. The minimum absolute atomic E-state index is 0.108. The molecule has 0 aliphatic rings. The smallest absolute Gasteiger partial charge is 0.325 e. The number of H-pyrrole nitrogens is 1. The first-order valence-corrected chi connectivity index (χ1v) is 6.97. The lowest BCUT2D eigenvalue weighted by atomic mass is 10.1. The van der Waals surface area contributed by atoms with Gasteiger partial charge in [-0.15, -0.1) is 0 Å². The number of carbonyl (C=O) groups is 2. The lowest BCUT2D eigenvalue weighted by molar-refractivity contribution is -0.138. The van der Waals surface area contributed by atoms with Gasteiger partial charge < -0.3 is 15.8 Å². The molecule has 0 atom stereocenters. The molecule has 0 bridgehead atoms. The van der Waals surface area contributed by atoms with Crippen LogP contribution in [0.3, 0.4) is 0 Å². The molecule has 0 saturated carbocycles. The molecule has 2 aromatic heterocycles. The van der Waals surface area contributed by atoms with Gasteiger partial charge in [-0.05, 0) is 24.3 Å². The van der Waals surface area contributed by atoms with Crippen LogP contribution in [-0.4, -0.2) is 40.1 Å². The first-order valence-electron chi connectivity index (χ1n) is 6.97. The van der Waals surface area contributed by atoms with Gasteiger partial charge in [-0.3, -0.25) is 14.7 Å². The number of nitrogens with zero attached hydrogens (tertiary/aromatic N) is 2. The van der Waals surface area contributed by atoms with E-state index < -0.39 is 11.9 Å². The number of amides is 1. The number of nitrogens with two attached hydrogens (primary N) is 1. The number of hydrogen-bond donors (Lipinski definition) is 3. The summed E-state index contributed by atoms with van der Waals surface area (Å²) in [6.45, 7) is -0.108. The number of nitrogens with one attached hydrogen (secondary N) is 2. The number of ether oxygens (including phenoxy) is 1. The van der Waals surface area contributed by atoms with Crippen molar-refractivity contribution in [3.63, 3.8) is 0 Å². The lowest BCUT2D eigenvalue weighted by Crippen LogP contribution is -2.16. The molecule has 0 saturated heterocycles. The number of imidazole rings is 1. The van der Waals surface area contributed by atoms with Gasteiger partial charge in [0, 0.05) is 11.8 Å². The Morgan fingerprint density at radius 2 is 2.08 bits per heavy atom. The fourth-order valence-electron chi connectivity index (χ4n) is 2.30. The Bertz CT molecular complexity index is 913. The van der Waals surface area contributed by atoms with Gasteiger partial charge in [0.2, 0.25) is 0 Å². The molecule has 0 fully saturated rings. The van der Waals surface area contributed by atoms with Crippen molar-refractivity contribution in [2.24, 2.45) is 5.73 Å². The molecule has 1 amide bonds. The van der Waals surface area contributed by atoms with Gasteiger partial charge in [0.1, 0.15) is 23.6 Å². The summed E-state index contributed by atoms with van der Waals surface area (Å²) in [5, 5.41) is 5.75. The molecule has 0 radical (unpaired) electrons. The highest BCUT2D eigenvalue weighted by Gasteiger charge is 2.20. The maximum atomic E-state index is 13.1. The minimum atomic E-state index is -0.642. The summed E-state index contributed by atoms with van der Waals surface area (Å²) < 4.78 is 19.2. The van der Waals surface area contributed by atoms with E-state index >= 15 is 0 Å². The summed E-state index contributed by atoms with van der Waals surface area (Å²) in [7, 11) is 1.27. The van der Waals surface area contributed by atoms with Crippen molar-refractivity contribution in [2.45, 2.75) is 0 Å². The van der Waals surface area contributed by atoms with Gasteiger partial charge in [0.25, 0.3) is 5.91 Å². The lowest BCUT2D eigenvalue weighted by Gasteiger charge is -2.06. The molecule has 124 valence electrons. The van der Waals surface area contributed by atoms with E-state index in [-0.39, 0.29) is 17.9 Å². The molecule has 1 aromatic carbocycles. The number of aromatic amines is 1. The highest BCUT2D eigenvalue weighted by atomic mass is 19.1. The van der Waals surface area contributed by atoms with Crippen molar-refractivity contribution >= 4 is 23.3 Å². The van der Waals surface area contributed by atoms with Crippen LogP contribution < -0.4 is 11.1 Å². The van der Waals surface area contributed by atoms with Crippen LogP contribution in [0.1, 0.15) is 10.4 Å². The average molecular weight is 331 g/mol. The Hall–Kier alpha value is -3.36. The number of hydrogen-bond acceptors (Lipinski definition) is 5. The Labute approximate surface area is 135 Å². The molecule has 0 unspecified atom stereocenters. The monoisotopic (exact) mass is 331 g/mol. The van der Waals surface area contributed by atoms with Crippen LogP contribution in [0.2, 0.25) is 0 Å². The summed E-state index contributed by atoms with van der Waals surface area (Å²) in [6, 6.07) is 5.68. The summed E-state index contributed by atoms with van der Waals surface area (Å²) >= 11 is 0. The Balaban J connectivity index is 2.13. The second-order valence-electron chi connectivity index (χ2n) is 4.96. The van der Waals surface area contributed by atoms with Gasteiger partial charge in [0.05, 0.1) is 7.11 Å². The summed E-state index contributed by atoms with van der Waals surface area (Å²) in [5.41, 5.74) is 6.87. The number of methoxy groups -OCH3 is 1. The quantitative estimate of drug-likeness (QED) is 0.607. The van der Waals surface area contributed by atoms with E-state index in [0.29, 0.717) is 22.7 Å². The summed E-state index contributed by atoms with van der Waals surface area (Å²) in [6.07, 6.45) is 1.42. The SMILES string of the molecule is COC(=O)CNc1c(-c2ccc(F)cc2)nc2c(C(N)=O)c[nH]n12. The van der Waals surface area contributed by atoms with Crippen molar-refractivity contribution in [1.82, 2.24) is 14.6 Å². The number of rotatable bonds is 5. The molecular weight excluding hydrogens is 317 g/mol. The zero-order valence-electron chi connectivity index (χ0n) is 12.7. The standard InChI is InChI=1S/C15H14FN5O3/c1-24-11(22)7-18-15-12(8-2-4-9(16)5-3-8)20-14-10(13(17)23)6-19-21(14)15/h2-6,18-19H,7H2,1H3,(H2,17,23). The Morgan fingerprint density at radius 3 is 2.71 bits per heavy atom. The molecule has 0 aliphatic carbocycles. The third-order valence-electron chi connectivity index (χ3n) is 3.47. The molecular formula is C15H14FN5O3. The first-order chi connectivity index (χ1) is 11.5. The van der Waals surface area contributed by atoms with Crippen LogP contribution in [0.25, 0.3) is 16.9 Å². The number of halogens is 1. The highest BCUT2D eigenvalue weighted by molar-refractivity contribution is 5.99. The fourth-order valence-corrected chi connectivity index (χ4v) is 2.30. The average Bonchev–Trinajstić information content (AvgIpc) is 3.12. The second-order valence-corrected chi connectivity index (χ2v) is 4.96. The molecule has 24 heavy (non-hydrogen) atoms. The van der Waals surface area contributed by atoms with E-state index in [1.54, 1.807) is 12.1 Å². The van der Waals surface area contributed by atoms with Crippen LogP contribution in [0.5, 0.6) is 0 Å². The molecule has 0 aliphatic heterocycles. The van der Waals surface area contributed by atoms with E-state index in [9.17, 15) is 14.0 Å². The van der Waals surface area contributed by atoms with Crippen LogP contribution in [0, 0.1) is 5.82 Å². The molecule has 2 heterocycles. The predicted molar refractivity (Wildman–Crippen MR) is 84.0 cm³/mol. The van der Waals surface area contributed by atoms with Gasteiger partial charge in [-0.2, -0.15) is 0 Å². The van der Waals surface area contributed by atoms with Gasteiger partial charge in [0.15, 0.2) is 11.5 Å².